The Labute approximate surface area is 176 Å². The molecule has 10 heteroatoms. The number of ether oxygens (including phenoxy) is 2. The Morgan fingerprint density at radius 1 is 1.30 bits per heavy atom. The molecule has 0 saturated carbocycles. The summed E-state index contributed by atoms with van der Waals surface area (Å²) in [6.07, 6.45) is 5.41. The first kappa shape index (κ1) is 21.3. The van der Waals surface area contributed by atoms with Gasteiger partial charge in [-0.1, -0.05) is 17.7 Å². The van der Waals surface area contributed by atoms with Crippen LogP contribution in [0.25, 0.3) is 0 Å². The molecule has 1 aromatic rings. The smallest absolute Gasteiger partial charge is 0.288 e. The summed E-state index contributed by atoms with van der Waals surface area (Å²) in [5.41, 5.74) is 0.645. The second-order valence-electron chi connectivity index (χ2n) is 6.41. The largest absolute Gasteiger partial charge is 0.500 e. The van der Waals surface area contributed by atoms with Crippen molar-refractivity contribution in [3.8, 4) is 0 Å². The van der Waals surface area contributed by atoms with Crippen LogP contribution < -0.4 is 5.32 Å². The molecule has 1 aliphatic heterocycles. The number of nitrogens with zero attached hydrogens (tertiary/aromatic N) is 2. The first-order valence-corrected chi connectivity index (χ1v) is 9.29. The van der Waals surface area contributed by atoms with Crippen LogP contribution in [0.3, 0.4) is 0 Å². The van der Waals surface area contributed by atoms with Crippen LogP contribution in [-0.4, -0.2) is 43.2 Å². The summed E-state index contributed by atoms with van der Waals surface area (Å²) < 4.78 is 10.6. The Bertz CT molecular complexity index is 1040. The number of amides is 2. The Hall–Kier alpha value is -3.46. The zero-order valence-electron chi connectivity index (χ0n) is 16.2. The molecular weight excluding hydrogens is 414 g/mol. The number of carbonyl (C=O) groups excluding carboxylic acids is 2. The summed E-state index contributed by atoms with van der Waals surface area (Å²) in [4.78, 5) is 39.1. The number of methoxy groups -OCH3 is 2. The topological polar surface area (TPSA) is 120 Å². The normalized spacial score (nSPS) is 17.7. The number of nitro groups is 1. The van der Waals surface area contributed by atoms with E-state index < -0.39 is 16.7 Å². The molecule has 0 fully saturated rings. The Kier molecular flexibility index (Phi) is 6.31. The minimum absolute atomic E-state index is 0.0536. The number of dihydropyridines is 1. The molecule has 0 spiro atoms. The Morgan fingerprint density at radius 3 is 2.73 bits per heavy atom. The lowest BCUT2D eigenvalue weighted by molar-refractivity contribution is -0.384. The van der Waals surface area contributed by atoms with Gasteiger partial charge in [-0.3, -0.25) is 19.7 Å². The van der Waals surface area contributed by atoms with Crippen molar-refractivity contribution < 1.29 is 24.0 Å². The molecule has 1 atom stereocenters. The van der Waals surface area contributed by atoms with Crippen molar-refractivity contribution in [2.24, 2.45) is 10.9 Å². The van der Waals surface area contributed by atoms with Gasteiger partial charge in [-0.2, -0.15) is 0 Å². The van der Waals surface area contributed by atoms with E-state index in [9.17, 15) is 19.7 Å². The third kappa shape index (κ3) is 4.25. The van der Waals surface area contributed by atoms with Crippen molar-refractivity contribution in [2.45, 2.75) is 6.42 Å². The van der Waals surface area contributed by atoms with E-state index in [0.29, 0.717) is 22.8 Å². The quantitative estimate of drug-likeness (QED) is 0.523. The molecule has 2 amide bonds. The third-order valence-corrected chi connectivity index (χ3v) is 4.98. The number of nitro benzene ring substituents is 1. The van der Waals surface area contributed by atoms with Gasteiger partial charge >= 0.3 is 0 Å². The fourth-order valence-corrected chi connectivity index (χ4v) is 3.33. The number of hydrogen-bond donors (Lipinski definition) is 1. The highest BCUT2D eigenvalue weighted by Crippen LogP contribution is 2.30. The molecule has 30 heavy (non-hydrogen) atoms. The maximum absolute atomic E-state index is 12.4. The van der Waals surface area contributed by atoms with Crippen LogP contribution >= 0.6 is 11.6 Å². The van der Waals surface area contributed by atoms with Gasteiger partial charge in [0.05, 0.1) is 25.1 Å². The summed E-state index contributed by atoms with van der Waals surface area (Å²) in [5, 5.41) is 13.6. The lowest BCUT2D eigenvalue weighted by Gasteiger charge is -2.26. The summed E-state index contributed by atoms with van der Waals surface area (Å²) in [6, 6.07) is 3.79. The fourth-order valence-electron chi connectivity index (χ4n) is 3.14. The monoisotopic (exact) mass is 431 g/mol. The number of hydrogen-bond acceptors (Lipinski definition) is 6. The molecule has 1 unspecified atom stereocenters. The van der Waals surface area contributed by atoms with Crippen LogP contribution in [0, 0.1) is 16.0 Å². The van der Waals surface area contributed by atoms with E-state index >= 15 is 0 Å². The lowest BCUT2D eigenvalue weighted by Crippen LogP contribution is -2.30. The number of aliphatic imine (C=N–C) groups is 1. The average Bonchev–Trinajstić information content (AvgIpc) is 2.73. The minimum Gasteiger partial charge on any atom is -0.500 e. The number of carbonyl (C=O) groups is 2. The minimum atomic E-state index is -0.659. The molecule has 0 saturated heterocycles. The van der Waals surface area contributed by atoms with Gasteiger partial charge in [0.25, 0.3) is 17.5 Å². The zero-order valence-corrected chi connectivity index (χ0v) is 16.9. The molecule has 1 heterocycles. The molecule has 2 aliphatic rings. The van der Waals surface area contributed by atoms with Crippen molar-refractivity contribution in [3.05, 3.63) is 74.2 Å². The van der Waals surface area contributed by atoms with Gasteiger partial charge in [0, 0.05) is 23.7 Å². The van der Waals surface area contributed by atoms with Crippen LogP contribution in [0.15, 0.2) is 58.5 Å². The maximum Gasteiger partial charge on any atom is 0.288 e. The van der Waals surface area contributed by atoms with E-state index in [0.717, 1.165) is 6.07 Å². The van der Waals surface area contributed by atoms with Crippen LogP contribution in [0.5, 0.6) is 0 Å². The Morgan fingerprint density at radius 2 is 2.07 bits per heavy atom. The van der Waals surface area contributed by atoms with Gasteiger partial charge in [0.2, 0.25) is 0 Å². The highest BCUT2D eigenvalue weighted by molar-refractivity contribution is 6.32. The molecule has 1 aromatic carbocycles. The number of fused-ring (bicyclic) bond motifs is 1. The van der Waals surface area contributed by atoms with Crippen molar-refractivity contribution in [1.82, 2.24) is 5.32 Å². The summed E-state index contributed by atoms with van der Waals surface area (Å²) >= 11 is 5.76. The van der Waals surface area contributed by atoms with Gasteiger partial charge < -0.3 is 14.8 Å². The highest BCUT2D eigenvalue weighted by Gasteiger charge is 2.32. The second-order valence-corrected chi connectivity index (χ2v) is 6.82. The van der Waals surface area contributed by atoms with E-state index in [4.69, 9.17) is 21.1 Å². The van der Waals surface area contributed by atoms with E-state index in [1.165, 1.54) is 26.4 Å². The molecule has 1 N–H and O–H groups in total. The average molecular weight is 432 g/mol. The Balaban J connectivity index is 1.68. The van der Waals surface area contributed by atoms with Crippen LogP contribution in [0.4, 0.5) is 5.69 Å². The standard InChI is InChI=1S/C20H18ClN3O6/c1-29-16-5-6-17(30-2)18-13(16)9-12(20(26)23-18)7-8-22-19(25)11-3-4-14(21)15(10-11)24(27)28/h3-6,9-10,13H,7-8H2,1-2H3,(H,22,25). The van der Waals surface area contributed by atoms with Crippen molar-refractivity contribution >= 4 is 34.8 Å². The summed E-state index contributed by atoms with van der Waals surface area (Å²) in [7, 11) is 3.03. The van der Waals surface area contributed by atoms with Gasteiger partial charge in [-0.25, -0.2) is 4.99 Å². The number of rotatable bonds is 7. The van der Waals surface area contributed by atoms with Crippen molar-refractivity contribution in [3.63, 3.8) is 0 Å². The lowest BCUT2D eigenvalue weighted by atomic mass is 9.89. The summed E-state index contributed by atoms with van der Waals surface area (Å²) in [5.74, 6) is -0.170. The van der Waals surface area contributed by atoms with Crippen LogP contribution in [0.2, 0.25) is 5.02 Å². The zero-order chi connectivity index (χ0) is 21.8. The van der Waals surface area contributed by atoms with Crippen molar-refractivity contribution in [1.29, 1.82) is 0 Å². The van der Waals surface area contributed by atoms with E-state index in [2.05, 4.69) is 10.3 Å². The van der Waals surface area contributed by atoms with E-state index in [1.54, 1.807) is 18.2 Å². The molecule has 0 aromatic heterocycles. The number of halogens is 1. The molecule has 1 aliphatic carbocycles. The van der Waals surface area contributed by atoms with E-state index in [1.807, 2.05) is 0 Å². The molecule has 156 valence electrons. The number of allylic oxidation sites excluding steroid dienone is 4. The van der Waals surface area contributed by atoms with E-state index in [-0.39, 0.29) is 35.2 Å². The van der Waals surface area contributed by atoms with Gasteiger partial charge in [-0.15, -0.1) is 0 Å². The maximum atomic E-state index is 12.4. The molecular formula is C20H18ClN3O6. The van der Waals surface area contributed by atoms with Crippen LogP contribution in [-0.2, 0) is 14.3 Å². The van der Waals surface area contributed by atoms with Gasteiger partial charge in [0.1, 0.15) is 22.3 Å². The van der Waals surface area contributed by atoms with Gasteiger partial charge in [-0.05, 0) is 30.7 Å². The first-order valence-electron chi connectivity index (χ1n) is 8.91. The van der Waals surface area contributed by atoms with Crippen molar-refractivity contribution in [2.75, 3.05) is 20.8 Å². The SMILES string of the molecule is COC1=CC=C(OC)C2C=C(CCNC(=O)c3ccc(Cl)c([N+](=O)[O-])c3)C(=O)N=C12. The number of benzene rings is 1. The number of nitrogens with one attached hydrogen (secondary N) is 1. The fraction of sp³-hybridized carbons (Fsp3) is 0.250. The first-order chi connectivity index (χ1) is 14.3. The molecule has 3 rings (SSSR count). The third-order valence-electron chi connectivity index (χ3n) is 4.66. The molecule has 0 radical (unpaired) electrons. The highest BCUT2D eigenvalue weighted by atomic mass is 35.5. The van der Waals surface area contributed by atoms with Crippen LogP contribution in [0.1, 0.15) is 16.8 Å². The predicted octanol–water partition coefficient (Wildman–Crippen LogP) is 2.97. The summed E-state index contributed by atoms with van der Waals surface area (Å²) in [6.45, 7) is 0.142. The second kappa shape index (κ2) is 8.91. The molecule has 0 bridgehead atoms. The predicted molar refractivity (Wildman–Crippen MR) is 109 cm³/mol. The van der Waals surface area contributed by atoms with Gasteiger partial charge in [0.15, 0.2) is 0 Å². The molecule has 9 nitrogen and oxygen atoms in total.